The third-order valence-electron chi connectivity index (χ3n) is 1.67. The summed E-state index contributed by atoms with van der Waals surface area (Å²) in [5.41, 5.74) is 0.242. The number of thiazole rings is 1. The Bertz CT molecular complexity index is 378. The van der Waals surface area contributed by atoms with Gasteiger partial charge in [0.05, 0.1) is 13.7 Å². The van der Waals surface area contributed by atoms with Crippen molar-refractivity contribution in [1.82, 2.24) is 10.3 Å². The van der Waals surface area contributed by atoms with Crippen LogP contribution in [0.15, 0.2) is 5.38 Å². The number of amides is 1. The van der Waals surface area contributed by atoms with Gasteiger partial charge in [0.2, 0.25) is 5.91 Å². The Morgan fingerprint density at radius 3 is 2.94 bits per heavy atom. The fraction of sp³-hybridized carbons (Fsp3) is 0.444. The molecular weight excluding hydrogens is 230 g/mol. The van der Waals surface area contributed by atoms with E-state index in [0.717, 1.165) is 0 Å². The zero-order valence-corrected chi connectivity index (χ0v) is 9.89. The molecule has 0 aliphatic heterocycles. The number of methoxy groups -OCH3 is 1. The van der Waals surface area contributed by atoms with E-state index in [-0.39, 0.29) is 18.1 Å². The van der Waals surface area contributed by atoms with E-state index in [9.17, 15) is 9.59 Å². The van der Waals surface area contributed by atoms with Crippen LogP contribution in [0.3, 0.4) is 0 Å². The van der Waals surface area contributed by atoms with Crippen LogP contribution in [0.2, 0.25) is 0 Å². The number of hydrogen-bond donors (Lipinski definition) is 2. The third-order valence-corrected chi connectivity index (χ3v) is 2.47. The minimum Gasteiger partial charge on any atom is -0.464 e. The Hall–Kier alpha value is -1.63. The van der Waals surface area contributed by atoms with Gasteiger partial charge in [-0.25, -0.2) is 9.78 Å². The number of carbonyl (C=O) groups excluding carboxylic acids is 2. The lowest BCUT2D eigenvalue weighted by molar-refractivity contribution is -0.119. The minimum absolute atomic E-state index is 0.114. The zero-order valence-electron chi connectivity index (χ0n) is 9.07. The Morgan fingerprint density at radius 1 is 1.56 bits per heavy atom. The molecule has 7 heteroatoms. The minimum atomic E-state index is -0.484. The third kappa shape index (κ3) is 3.50. The molecule has 1 aromatic heterocycles. The largest absolute Gasteiger partial charge is 0.464 e. The molecule has 0 fully saturated rings. The van der Waals surface area contributed by atoms with Gasteiger partial charge in [-0.15, -0.1) is 11.3 Å². The molecule has 0 atom stereocenters. The van der Waals surface area contributed by atoms with Crippen molar-refractivity contribution in [3.63, 3.8) is 0 Å². The number of nitrogens with zero attached hydrogens (tertiary/aromatic N) is 1. The standard InChI is InChI=1S/C9H13N3O3S/c1-3-10-7(13)4-11-9-12-6(5-16-9)8(14)15-2/h5H,3-4H2,1-2H3,(H,10,13)(H,11,12). The second kappa shape index (κ2) is 6.06. The van der Waals surface area contributed by atoms with Gasteiger partial charge in [0, 0.05) is 11.9 Å². The molecule has 0 saturated carbocycles. The number of carbonyl (C=O) groups is 2. The first kappa shape index (κ1) is 12.4. The van der Waals surface area contributed by atoms with Crippen molar-refractivity contribution >= 4 is 28.3 Å². The van der Waals surface area contributed by atoms with Crippen LogP contribution in [0.25, 0.3) is 0 Å². The van der Waals surface area contributed by atoms with E-state index in [4.69, 9.17) is 0 Å². The van der Waals surface area contributed by atoms with Crippen molar-refractivity contribution in [3.8, 4) is 0 Å². The topological polar surface area (TPSA) is 80.3 Å². The maximum absolute atomic E-state index is 11.1. The Kier molecular flexibility index (Phi) is 4.71. The predicted molar refractivity (Wildman–Crippen MR) is 60.6 cm³/mol. The summed E-state index contributed by atoms with van der Waals surface area (Å²) in [6.07, 6.45) is 0. The summed E-state index contributed by atoms with van der Waals surface area (Å²) in [7, 11) is 1.30. The molecule has 1 aromatic rings. The molecule has 1 heterocycles. The quantitative estimate of drug-likeness (QED) is 0.735. The molecule has 0 unspecified atom stereocenters. The summed E-state index contributed by atoms with van der Waals surface area (Å²) in [5.74, 6) is -0.598. The molecule has 16 heavy (non-hydrogen) atoms. The summed E-state index contributed by atoms with van der Waals surface area (Å²) in [6, 6.07) is 0. The van der Waals surface area contributed by atoms with E-state index >= 15 is 0 Å². The fourth-order valence-electron chi connectivity index (χ4n) is 0.969. The van der Waals surface area contributed by atoms with Crippen molar-refractivity contribution in [2.45, 2.75) is 6.92 Å². The number of aromatic nitrogens is 1. The van der Waals surface area contributed by atoms with Crippen molar-refractivity contribution < 1.29 is 14.3 Å². The van der Waals surface area contributed by atoms with E-state index in [2.05, 4.69) is 20.4 Å². The number of likely N-dealkylation sites (N-methyl/N-ethyl adjacent to an activating group) is 1. The van der Waals surface area contributed by atoms with Gasteiger partial charge in [0.15, 0.2) is 10.8 Å². The maximum Gasteiger partial charge on any atom is 0.357 e. The van der Waals surface area contributed by atoms with Crippen molar-refractivity contribution in [2.24, 2.45) is 0 Å². The van der Waals surface area contributed by atoms with Gasteiger partial charge in [0.1, 0.15) is 0 Å². The Labute approximate surface area is 97.0 Å². The first-order chi connectivity index (χ1) is 7.67. The molecule has 0 saturated heterocycles. The normalized spacial score (nSPS) is 9.62. The van der Waals surface area contributed by atoms with E-state index in [1.54, 1.807) is 5.38 Å². The number of nitrogens with one attached hydrogen (secondary N) is 2. The summed E-state index contributed by atoms with van der Waals surface area (Å²) < 4.78 is 4.51. The van der Waals surface area contributed by atoms with Gasteiger partial charge < -0.3 is 15.4 Å². The molecule has 88 valence electrons. The molecule has 6 nitrogen and oxygen atoms in total. The molecule has 1 amide bonds. The number of ether oxygens (including phenoxy) is 1. The highest BCUT2D eigenvalue weighted by Crippen LogP contribution is 2.15. The van der Waals surface area contributed by atoms with Gasteiger partial charge in [0.25, 0.3) is 0 Å². The van der Waals surface area contributed by atoms with Crippen molar-refractivity contribution in [3.05, 3.63) is 11.1 Å². The monoisotopic (exact) mass is 243 g/mol. The lowest BCUT2D eigenvalue weighted by Crippen LogP contribution is -2.29. The summed E-state index contributed by atoms with van der Waals surface area (Å²) >= 11 is 1.25. The molecule has 0 aliphatic carbocycles. The highest BCUT2D eigenvalue weighted by molar-refractivity contribution is 7.13. The van der Waals surface area contributed by atoms with Crippen LogP contribution in [-0.2, 0) is 9.53 Å². The van der Waals surface area contributed by atoms with Crippen LogP contribution < -0.4 is 10.6 Å². The smallest absolute Gasteiger partial charge is 0.357 e. The Morgan fingerprint density at radius 2 is 2.31 bits per heavy atom. The average molecular weight is 243 g/mol. The lowest BCUT2D eigenvalue weighted by atomic mass is 10.5. The van der Waals surface area contributed by atoms with Crippen LogP contribution in [0, 0.1) is 0 Å². The molecule has 0 spiro atoms. The summed E-state index contributed by atoms with van der Waals surface area (Å²) in [4.78, 5) is 26.2. The van der Waals surface area contributed by atoms with Crippen LogP contribution in [0.5, 0.6) is 0 Å². The Balaban J connectivity index is 2.46. The van der Waals surface area contributed by atoms with E-state index < -0.39 is 5.97 Å². The summed E-state index contributed by atoms with van der Waals surface area (Å²) in [6.45, 7) is 2.57. The van der Waals surface area contributed by atoms with Gasteiger partial charge in [-0.1, -0.05) is 0 Å². The van der Waals surface area contributed by atoms with Gasteiger partial charge >= 0.3 is 5.97 Å². The van der Waals surface area contributed by atoms with Crippen LogP contribution >= 0.6 is 11.3 Å². The van der Waals surface area contributed by atoms with Gasteiger partial charge in [-0.3, -0.25) is 4.79 Å². The molecule has 1 rings (SSSR count). The van der Waals surface area contributed by atoms with Crippen LogP contribution in [0.4, 0.5) is 5.13 Å². The maximum atomic E-state index is 11.1. The number of hydrogen-bond acceptors (Lipinski definition) is 6. The highest BCUT2D eigenvalue weighted by Gasteiger charge is 2.10. The zero-order chi connectivity index (χ0) is 12.0. The predicted octanol–water partition coefficient (Wildman–Crippen LogP) is 0.478. The second-order valence-corrected chi connectivity index (χ2v) is 3.69. The van der Waals surface area contributed by atoms with Crippen molar-refractivity contribution in [1.29, 1.82) is 0 Å². The molecular formula is C9H13N3O3S. The first-order valence-corrected chi connectivity index (χ1v) is 5.59. The molecule has 0 radical (unpaired) electrons. The number of anilines is 1. The van der Waals surface area contributed by atoms with Crippen LogP contribution in [-0.4, -0.2) is 37.1 Å². The van der Waals surface area contributed by atoms with Crippen LogP contribution in [0.1, 0.15) is 17.4 Å². The number of esters is 1. The molecule has 0 aromatic carbocycles. The summed E-state index contributed by atoms with van der Waals surface area (Å²) in [5, 5.41) is 7.55. The average Bonchev–Trinajstić information content (AvgIpc) is 2.74. The van der Waals surface area contributed by atoms with Crippen molar-refractivity contribution in [2.75, 3.05) is 25.5 Å². The van der Waals surface area contributed by atoms with Gasteiger partial charge in [-0.05, 0) is 6.92 Å². The first-order valence-electron chi connectivity index (χ1n) is 4.71. The molecule has 2 N–H and O–H groups in total. The lowest BCUT2D eigenvalue weighted by Gasteiger charge is -2.02. The fourth-order valence-corrected chi connectivity index (χ4v) is 1.65. The molecule has 0 aliphatic rings. The van der Waals surface area contributed by atoms with E-state index in [0.29, 0.717) is 11.7 Å². The SMILES string of the molecule is CCNC(=O)CNc1nc(C(=O)OC)cs1. The number of rotatable bonds is 5. The molecule has 0 bridgehead atoms. The van der Waals surface area contributed by atoms with E-state index in [1.807, 2.05) is 6.92 Å². The van der Waals surface area contributed by atoms with E-state index in [1.165, 1.54) is 18.4 Å². The van der Waals surface area contributed by atoms with Gasteiger partial charge in [-0.2, -0.15) is 0 Å². The second-order valence-electron chi connectivity index (χ2n) is 2.84. The highest BCUT2D eigenvalue weighted by atomic mass is 32.1.